The Morgan fingerprint density at radius 3 is 2.61 bits per heavy atom. The molecule has 23 heavy (non-hydrogen) atoms. The number of anilines is 1. The zero-order valence-electron chi connectivity index (χ0n) is 12.2. The molecule has 2 aromatic rings. The summed E-state index contributed by atoms with van der Waals surface area (Å²) >= 11 is 11.9. The van der Waals surface area contributed by atoms with Crippen LogP contribution < -0.4 is 4.90 Å². The number of Topliss-reactive ketones (excluding diaryl/α,β-unsaturated/α-hetero) is 1. The summed E-state index contributed by atoms with van der Waals surface area (Å²) in [6.45, 7) is 0. The number of hydrogen-bond acceptors (Lipinski definition) is 3. The van der Waals surface area contributed by atoms with Crippen molar-refractivity contribution in [1.82, 2.24) is 0 Å². The molecule has 1 N–H and O–H groups in total. The van der Waals surface area contributed by atoms with Gasteiger partial charge in [-0.05, 0) is 24.3 Å². The molecule has 1 unspecified atom stereocenters. The van der Waals surface area contributed by atoms with Crippen LogP contribution in [0.5, 0.6) is 0 Å². The van der Waals surface area contributed by atoms with E-state index in [-0.39, 0.29) is 17.0 Å². The summed E-state index contributed by atoms with van der Waals surface area (Å²) in [5, 5.41) is 11.5. The minimum Gasteiger partial charge on any atom is -0.375 e. The normalized spacial score (nSPS) is 19.8. The minimum absolute atomic E-state index is 0.193. The maximum absolute atomic E-state index is 12.5. The van der Waals surface area contributed by atoms with Gasteiger partial charge in [0.2, 0.25) is 0 Å². The average Bonchev–Trinajstić information content (AvgIpc) is 2.70. The lowest BCUT2D eigenvalue weighted by Crippen LogP contribution is -2.40. The van der Waals surface area contributed by atoms with Gasteiger partial charge in [-0.3, -0.25) is 9.59 Å². The smallest absolute Gasteiger partial charge is 0.263 e. The number of fused-ring (bicyclic) bond motifs is 1. The molecule has 3 rings (SSSR count). The monoisotopic (exact) mass is 349 g/mol. The second-order valence-electron chi connectivity index (χ2n) is 5.47. The van der Waals surface area contributed by atoms with Crippen molar-refractivity contribution in [2.24, 2.45) is 0 Å². The molecule has 118 valence electrons. The number of rotatable bonds is 3. The number of benzene rings is 2. The first-order valence-corrected chi connectivity index (χ1v) is 7.68. The third-order valence-electron chi connectivity index (χ3n) is 4.02. The molecule has 0 saturated heterocycles. The van der Waals surface area contributed by atoms with Crippen LogP contribution in [0.2, 0.25) is 10.0 Å². The highest BCUT2D eigenvalue weighted by Crippen LogP contribution is 2.42. The number of para-hydroxylation sites is 1. The zero-order chi connectivity index (χ0) is 16.8. The zero-order valence-corrected chi connectivity index (χ0v) is 13.7. The van der Waals surface area contributed by atoms with Crippen molar-refractivity contribution in [3.8, 4) is 0 Å². The van der Waals surface area contributed by atoms with Crippen molar-refractivity contribution in [2.75, 3.05) is 11.9 Å². The van der Waals surface area contributed by atoms with E-state index in [0.717, 1.165) is 0 Å². The number of likely N-dealkylation sites (N-methyl/N-ethyl adjacent to an activating group) is 1. The molecule has 1 aliphatic rings. The van der Waals surface area contributed by atoms with Gasteiger partial charge in [-0.1, -0.05) is 41.4 Å². The fraction of sp³-hybridized carbons (Fsp3) is 0.176. The van der Waals surface area contributed by atoms with Gasteiger partial charge >= 0.3 is 0 Å². The van der Waals surface area contributed by atoms with Crippen LogP contribution in [0.15, 0.2) is 42.5 Å². The lowest BCUT2D eigenvalue weighted by atomic mass is 9.88. The number of amides is 1. The van der Waals surface area contributed by atoms with Crippen molar-refractivity contribution in [1.29, 1.82) is 0 Å². The largest absolute Gasteiger partial charge is 0.375 e. The molecule has 0 spiro atoms. The summed E-state index contributed by atoms with van der Waals surface area (Å²) in [7, 11) is 1.57. The molecule has 1 amide bonds. The van der Waals surface area contributed by atoms with E-state index in [2.05, 4.69) is 0 Å². The Labute approximate surface area is 143 Å². The van der Waals surface area contributed by atoms with E-state index < -0.39 is 17.3 Å². The van der Waals surface area contributed by atoms with Gasteiger partial charge in [-0.2, -0.15) is 0 Å². The van der Waals surface area contributed by atoms with E-state index in [1.807, 2.05) is 0 Å². The Morgan fingerprint density at radius 1 is 1.22 bits per heavy atom. The van der Waals surface area contributed by atoms with E-state index >= 15 is 0 Å². The minimum atomic E-state index is -1.88. The molecule has 1 heterocycles. The molecule has 0 fully saturated rings. The Balaban J connectivity index is 1.99. The molecule has 0 aromatic heterocycles. The van der Waals surface area contributed by atoms with Crippen LogP contribution >= 0.6 is 23.2 Å². The molecular weight excluding hydrogens is 337 g/mol. The van der Waals surface area contributed by atoms with Crippen molar-refractivity contribution in [2.45, 2.75) is 12.0 Å². The van der Waals surface area contributed by atoms with Crippen LogP contribution in [0.3, 0.4) is 0 Å². The lowest BCUT2D eigenvalue weighted by molar-refractivity contribution is -0.135. The fourth-order valence-electron chi connectivity index (χ4n) is 2.83. The Kier molecular flexibility index (Phi) is 3.92. The van der Waals surface area contributed by atoms with Gasteiger partial charge < -0.3 is 10.0 Å². The molecule has 1 atom stereocenters. The molecule has 1 aliphatic heterocycles. The summed E-state index contributed by atoms with van der Waals surface area (Å²) in [5.74, 6) is -0.954. The van der Waals surface area contributed by atoms with Crippen molar-refractivity contribution in [3.05, 3.63) is 63.6 Å². The maximum atomic E-state index is 12.5. The molecule has 0 bridgehead atoms. The molecule has 4 nitrogen and oxygen atoms in total. The third kappa shape index (κ3) is 2.53. The highest BCUT2D eigenvalue weighted by atomic mass is 35.5. The van der Waals surface area contributed by atoms with Crippen LogP contribution in [0, 0.1) is 0 Å². The van der Waals surface area contributed by atoms with E-state index in [4.69, 9.17) is 23.2 Å². The average molecular weight is 350 g/mol. The SMILES string of the molecule is CN1C(=O)C(O)(CC(=O)c2ccc(Cl)cc2Cl)c2ccccc21. The standard InChI is InChI=1S/C17H13Cl2NO3/c1-20-14-5-3-2-4-12(14)17(23,16(20)22)9-15(21)11-7-6-10(18)8-13(11)19/h2-8,23H,9H2,1H3. The quantitative estimate of drug-likeness (QED) is 0.863. The van der Waals surface area contributed by atoms with Gasteiger partial charge in [-0.15, -0.1) is 0 Å². The first-order valence-electron chi connectivity index (χ1n) is 6.93. The number of hydrogen-bond donors (Lipinski definition) is 1. The fourth-order valence-corrected chi connectivity index (χ4v) is 3.35. The van der Waals surface area contributed by atoms with Crippen LogP contribution in [0.1, 0.15) is 22.3 Å². The Bertz CT molecular complexity index is 821. The highest BCUT2D eigenvalue weighted by molar-refractivity contribution is 6.37. The van der Waals surface area contributed by atoms with Crippen LogP contribution in [0.4, 0.5) is 5.69 Å². The number of nitrogens with zero attached hydrogens (tertiary/aromatic N) is 1. The topological polar surface area (TPSA) is 57.6 Å². The number of halogens is 2. The molecule has 0 aliphatic carbocycles. The van der Waals surface area contributed by atoms with Crippen molar-refractivity contribution in [3.63, 3.8) is 0 Å². The molecule has 0 saturated carbocycles. The lowest BCUT2D eigenvalue weighted by Gasteiger charge is -2.21. The van der Waals surface area contributed by atoms with E-state index in [1.165, 1.54) is 17.0 Å². The summed E-state index contributed by atoms with van der Waals surface area (Å²) in [6, 6.07) is 11.4. The number of carbonyl (C=O) groups excluding carboxylic acids is 2. The van der Waals surface area contributed by atoms with E-state index in [1.54, 1.807) is 37.4 Å². The third-order valence-corrected chi connectivity index (χ3v) is 4.57. The highest BCUT2D eigenvalue weighted by Gasteiger charge is 2.49. The summed E-state index contributed by atoms with van der Waals surface area (Å²) in [5.41, 5.74) is -0.643. The summed E-state index contributed by atoms with van der Waals surface area (Å²) < 4.78 is 0. The van der Waals surface area contributed by atoms with Gasteiger partial charge in [0.25, 0.3) is 5.91 Å². The summed E-state index contributed by atoms with van der Waals surface area (Å²) in [4.78, 5) is 26.4. The second kappa shape index (κ2) is 5.64. The predicted molar refractivity (Wildman–Crippen MR) is 89.2 cm³/mol. The first-order chi connectivity index (χ1) is 10.8. The van der Waals surface area contributed by atoms with Gasteiger partial charge in [0, 0.05) is 23.2 Å². The van der Waals surface area contributed by atoms with E-state index in [0.29, 0.717) is 16.3 Å². The number of carbonyl (C=O) groups is 2. The van der Waals surface area contributed by atoms with Gasteiger partial charge in [0.05, 0.1) is 17.1 Å². The molecule has 6 heteroatoms. The van der Waals surface area contributed by atoms with Crippen molar-refractivity contribution >= 4 is 40.6 Å². The van der Waals surface area contributed by atoms with Crippen LogP contribution in [-0.2, 0) is 10.4 Å². The Morgan fingerprint density at radius 2 is 1.91 bits per heavy atom. The van der Waals surface area contributed by atoms with Gasteiger partial charge in [0.1, 0.15) is 0 Å². The molecule has 2 aromatic carbocycles. The van der Waals surface area contributed by atoms with Crippen LogP contribution in [-0.4, -0.2) is 23.8 Å². The first kappa shape index (κ1) is 16.0. The van der Waals surface area contributed by atoms with E-state index in [9.17, 15) is 14.7 Å². The maximum Gasteiger partial charge on any atom is 0.263 e. The van der Waals surface area contributed by atoms with Gasteiger partial charge in [-0.25, -0.2) is 0 Å². The predicted octanol–water partition coefficient (Wildman–Crippen LogP) is 3.43. The Hall–Kier alpha value is -1.88. The number of aliphatic hydroxyl groups is 1. The summed E-state index contributed by atoms with van der Waals surface area (Å²) in [6.07, 6.45) is -0.380. The number of ketones is 1. The van der Waals surface area contributed by atoms with Crippen molar-refractivity contribution < 1.29 is 14.7 Å². The van der Waals surface area contributed by atoms with Gasteiger partial charge in [0.15, 0.2) is 11.4 Å². The van der Waals surface area contributed by atoms with Crippen LogP contribution in [0.25, 0.3) is 0 Å². The molecular formula is C17H13Cl2NO3. The molecule has 0 radical (unpaired) electrons. The second-order valence-corrected chi connectivity index (χ2v) is 6.31.